The highest BCUT2D eigenvalue weighted by atomic mass is 16.8. The minimum atomic E-state index is -1.42. The van der Waals surface area contributed by atoms with E-state index in [1.54, 1.807) is 58.9 Å². The third-order valence-electron chi connectivity index (χ3n) is 9.89. The zero-order valence-electron chi connectivity index (χ0n) is 33.2. The number of nitrogens with one attached hydrogen (secondary N) is 1. The van der Waals surface area contributed by atoms with Gasteiger partial charge in [0.2, 0.25) is 17.8 Å². The summed E-state index contributed by atoms with van der Waals surface area (Å²) in [5.74, 6) is -4.48. The molecule has 5 atom stereocenters. The Morgan fingerprint density at radius 3 is 2.21 bits per heavy atom. The van der Waals surface area contributed by atoms with Crippen LogP contribution in [0.5, 0.6) is 0 Å². The normalized spacial score (nSPS) is 22.6. The van der Waals surface area contributed by atoms with Crippen LogP contribution in [0.25, 0.3) is 6.08 Å². The van der Waals surface area contributed by atoms with Gasteiger partial charge in [-0.3, -0.25) is 9.59 Å². The lowest BCUT2D eigenvalue weighted by Crippen LogP contribution is -2.45. The van der Waals surface area contributed by atoms with Gasteiger partial charge in [0.05, 0.1) is 18.2 Å². The number of hydrogen-bond acceptors (Lipinski definition) is 12. The predicted molar refractivity (Wildman–Crippen MR) is 210 cm³/mol. The van der Waals surface area contributed by atoms with Crippen molar-refractivity contribution in [3.8, 4) is 0 Å². The second kappa shape index (κ2) is 17.5. The highest BCUT2D eigenvalue weighted by Gasteiger charge is 2.55. The van der Waals surface area contributed by atoms with Crippen molar-refractivity contribution in [2.45, 2.75) is 95.7 Å². The third-order valence-corrected chi connectivity index (χ3v) is 9.89. The van der Waals surface area contributed by atoms with Crippen LogP contribution in [-0.4, -0.2) is 84.2 Å². The molecule has 58 heavy (non-hydrogen) atoms. The summed E-state index contributed by atoms with van der Waals surface area (Å²) in [6, 6.07) is 24.3. The second-order valence-corrected chi connectivity index (χ2v) is 16.2. The molecule has 1 amide bonds. The molecule has 0 spiro atoms. The van der Waals surface area contributed by atoms with Crippen LogP contribution in [0.4, 0.5) is 0 Å². The van der Waals surface area contributed by atoms with Gasteiger partial charge in [0.15, 0.2) is 0 Å². The molecule has 0 aromatic heterocycles. The zero-order valence-corrected chi connectivity index (χ0v) is 33.2. The molecule has 0 unspecified atom stereocenters. The Morgan fingerprint density at radius 2 is 1.60 bits per heavy atom. The molecule has 2 aliphatic heterocycles. The first-order chi connectivity index (χ1) is 27.6. The molecular weight excluding hydrogens is 746 g/mol. The van der Waals surface area contributed by atoms with E-state index in [1.165, 1.54) is 12.1 Å². The predicted octanol–water partition coefficient (Wildman–Crippen LogP) is 5.33. The number of aliphatic hydroxyl groups is 1. The van der Waals surface area contributed by atoms with Gasteiger partial charge >= 0.3 is 23.9 Å². The summed E-state index contributed by atoms with van der Waals surface area (Å²) in [7, 11) is 0. The summed E-state index contributed by atoms with van der Waals surface area (Å²) < 4.78 is 35.5. The van der Waals surface area contributed by atoms with Crippen LogP contribution in [-0.2, 0) is 53.4 Å². The number of esters is 4. The Kier molecular flexibility index (Phi) is 12.6. The lowest BCUT2D eigenvalue weighted by molar-refractivity contribution is -0.159. The number of fused-ring (bicyclic) bond motifs is 1. The van der Waals surface area contributed by atoms with Gasteiger partial charge in [-0.2, -0.15) is 0 Å². The number of ether oxygens (including phenoxy) is 6. The van der Waals surface area contributed by atoms with E-state index in [-0.39, 0.29) is 37.0 Å². The van der Waals surface area contributed by atoms with Gasteiger partial charge in [-0.1, -0.05) is 86.6 Å². The average Bonchev–Trinajstić information content (AvgIpc) is 3.72. The van der Waals surface area contributed by atoms with Crippen molar-refractivity contribution in [3.63, 3.8) is 0 Å². The van der Waals surface area contributed by atoms with Gasteiger partial charge in [0, 0.05) is 41.0 Å². The molecule has 3 aliphatic rings. The monoisotopic (exact) mass is 795 g/mol. The van der Waals surface area contributed by atoms with E-state index in [0.29, 0.717) is 16.7 Å². The number of hydrogen-bond donors (Lipinski definition) is 2. The number of cyclic esters (lactones) is 1. The number of benzene rings is 3. The minimum absolute atomic E-state index is 0.0247. The molecular formula is C45H49NO12. The summed E-state index contributed by atoms with van der Waals surface area (Å²) in [4.78, 5) is 64.9. The highest BCUT2D eigenvalue weighted by molar-refractivity contribution is 5.95. The number of rotatable bonds is 13. The van der Waals surface area contributed by atoms with E-state index in [4.69, 9.17) is 28.4 Å². The van der Waals surface area contributed by atoms with Gasteiger partial charge < -0.3 is 38.8 Å². The standard InChI is InChI=1S/C45H49NO12/c1-43(2,3)57-37(49)22-20-33(26-47)46-40(50)30-24-34(38-35(25-30)56-45(58-38,31-15-8-6-9-16-31)32-17-10-7-11-18-32)54-41(51)29-14-12-13-28(23-29)19-21-36(48)55-39-42(52)53-27-44(39,4)5/h6-19,21,23,25,33-35,38-39,47H,20,22,24,26-27H2,1-5H3,(H,46,50)/t33-,34+,35+,38-,39-/m0/s1. The summed E-state index contributed by atoms with van der Waals surface area (Å²) in [6.45, 7) is 8.51. The maximum Gasteiger partial charge on any atom is 0.348 e. The SMILES string of the molecule is CC(C)(C)OC(=O)CC[C@@H](CO)NC(=O)C1=C[C@H]2OC(c3ccccc3)(c3ccccc3)O[C@H]2[C@H](OC(=O)c2cccc(C=CC(=O)O[C@H]3C(=O)OCC3(C)C)c2)C1. The van der Waals surface area contributed by atoms with E-state index in [2.05, 4.69) is 5.32 Å². The molecule has 3 aromatic carbocycles. The number of aliphatic hydroxyl groups excluding tert-OH is 1. The molecule has 1 aliphatic carbocycles. The fraction of sp³-hybridized carbons (Fsp3) is 0.400. The van der Waals surface area contributed by atoms with Crippen molar-refractivity contribution in [1.29, 1.82) is 0 Å². The first kappa shape index (κ1) is 42.0. The van der Waals surface area contributed by atoms with Gasteiger partial charge in [-0.05, 0) is 57.0 Å². The highest BCUT2D eigenvalue weighted by Crippen LogP contribution is 2.47. The van der Waals surface area contributed by atoms with Gasteiger partial charge in [0.25, 0.3) is 0 Å². The first-order valence-electron chi connectivity index (χ1n) is 19.2. The number of carbonyl (C=O) groups is 5. The van der Waals surface area contributed by atoms with E-state index >= 15 is 0 Å². The van der Waals surface area contributed by atoms with Gasteiger partial charge in [0.1, 0.15) is 30.5 Å². The van der Waals surface area contributed by atoms with E-state index in [9.17, 15) is 29.1 Å². The molecule has 0 saturated carbocycles. The molecule has 2 heterocycles. The van der Waals surface area contributed by atoms with Crippen molar-refractivity contribution < 1.29 is 57.5 Å². The van der Waals surface area contributed by atoms with Gasteiger partial charge in [-0.25, -0.2) is 14.4 Å². The Bertz CT molecular complexity index is 2010. The fourth-order valence-electron chi connectivity index (χ4n) is 6.99. The maximum atomic E-state index is 13.9. The Morgan fingerprint density at radius 1 is 0.931 bits per heavy atom. The summed E-state index contributed by atoms with van der Waals surface area (Å²) in [5.41, 5.74) is 0.904. The van der Waals surface area contributed by atoms with Crippen molar-refractivity contribution in [2.75, 3.05) is 13.2 Å². The van der Waals surface area contributed by atoms with Crippen LogP contribution >= 0.6 is 0 Å². The summed E-state index contributed by atoms with van der Waals surface area (Å²) >= 11 is 0. The third kappa shape index (κ3) is 9.90. The van der Waals surface area contributed by atoms with Crippen LogP contribution < -0.4 is 5.32 Å². The molecule has 0 bridgehead atoms. The van der Waals surface area contributed by atoms with Gasteiger partial charge in [-0.15, -0.1) is 0 Å². The van der Waals surface area contributed by atoms with Crippen molar-refractivity contribution in [1.82, 2.24) is 5.32 Å². The molecule has 2 fully saturated rings. The smallest absolute Gasteiger partial charge is 0.348 e. The van der Waals surface area contributed by atoms with E-state index in [0.717, 1.165) is 6.08 Å². The van der Waals surface area contributed by atoms with Crippen LogP contribution in [0.1, 0.15) is 80.9 Å². The van der Waals surface area contributed by atoms with Crippen LogP contribution in [0.15, 0.2) is 103 Å². The molecule has 3 aromatic rings. The zero-order chi connectivity index (χ0) is 41.7. The molecule has 6 rings (SSSR count). The molecule has 0 radical (unpaired) electrons. The molecule has 2 N–H and O–H groups in total. The van der Waals surface area contributed by atoms with Crippen LogP contribution in [0.3, 0.4) is 0 Å². The summed E-state index contributed by atoms with van der Waals surface area (Å²) in [6.07, 6.45) is 0.548. The molecule has 2 saturated heterocycles. The Hall–Kier alpha value is -5.63. The van der Waals surface area contributed by atoms with E-state index in [1.807, 2.05) is 60.7 Å². The van der Waals surface area contributed by atoms with Crippen LogP contribution in [0.2, 0.25) is 0 Å². The maximum absolute atomic E-state index is 13.9. The lowest BCUT2D eigenvalue weighted by Gasteiger charge is -2.31. The van der Waals surface area contributed by atoms with Crippen molar-refractivity contribution in [2.24, 2.45) is 5.41 Å². The molecule has 13 nitrogen and oxygen atoms in total. The average molecular weight is 796 g/mol. The van der Waals surface area contributed by atoms with Crippen molar-refractivity contribution in [3.05, 3.63) is 125 Å². The topological polar surface area (TPSA) is 173 Å². The Labute approximate surface area is 337 Å². The minimum Gasteiger partial charge on any atom is -0.462 e. The summed E-state index contributed by atoms with van der Waals surface area (Å²) in [5, 5.41) is 12.9. The number of amides is 1. The Balaban J connectivity index is 1.23. The fourth-order valence-corrected chi connectivity index (χ4v) is 6.99. The van der Waals surface area contributed by atoms with Crippen molar-refractivity contribution >= 4 is 35.9 Å². The van der Waals surface area contributed by atoms with E-state index < -0.39 is 83.7 Å². The lowest BCUT2D eigenvalue weighted by atomic mass is 9.90. The van der Waals surface area contributed by atoms with Crippen LogP contribution in [0, 0.1) is 5.41 Å². The largest absolute Gasteiger partial charge is 0.462 e. The number of carbonyl (C=O) groups excluding carboxylic acids is 5. The quantitative estimate of drug-likeness (QED) is 0.130. The molecule has 13 heteroatoms. The first-order valence-corrected chi connectivity index (χ1v) is 19.2. The molecule has 306 valence electrons. The second-order valence-electron chi connectivity index (χ2n) is 16.2.